The molecule has 198 valence electrons. The molecule has 0 bridgehead atoms. The highest BCUT2D eigenvalue weighted by molar-refractivity contribution is 6.16. The van der Waals surface area contributed by atoms with Crippen LogP contribution in [0.15, 0.2) is 71.9 Å². The minimum atomic E-state index is -0.898. The van der Waals surface area contributed by atoms with Crippen LogP contribution in [0, 0.1) is 0 Å². The number of piperidine rings is 1. The maximum absolute atomic E-state index is 11.5. The molecule has 5 rings (SSSR count). The van der Waals surface area contributed by atoms with Gasteiger partial charge in [-0.05, 0) is 43.2 Å². The van der Waals surface area contributed by atoms with Crippen molar-refractivity contribution in [2.45, 2.75) is 25.5 Å². The minimum absolute atomic E-state index is 0.00303. The Bertz CT molecular complexity index is 1380. The lowest BCUT2D eigenvalue weighted by Gasteiger charge is -2.40. The van der Waals surface area contributed by atoms with Crippen molar-refractivity contribution in [3.05, 3.63) is 83.1 Å². The number of hydrazine groups is 1. The first-order valence-corrected chi connectivity index (χ1v) is 12.7. The Morgan fingerprint density at radius 2 is 1.92 bits per heavy atom. The van der Waals surface area contributed by atoms with Crippen molar-refractivity contribution in [1.82, 2.24) is 14.3 Å². The fraction of sp³-hybridized carbons (Fsp3) is 0.296. The molecule has 3 heterocycles. The van der Waals surface area contributed by atoms with Gasteiger partial charge in [-0.15, -0.1) is 0 Å². The van der Waals surface area contributed by atoms with Gasteiger partial charge in [0.25, 0.3) is 0 Å². The second-order valence-corrected chi connectivity index (χ2v) is 9.37. The number of rotatable bonds is 8. The van der Waals surface area contributed by atoms with Gasteiger partial charge in [-0.1, -0.05) is 24.3 Å². The first-order chi connectivity index (χ1) is 18.5. The number of carboxylic acid groups (broad SMARTS) is 1. The van der Waals surface area contributed by atoms with Gasteiger partial charge in [0, 0.05) is 37.1 Å². The van der Waals surface area contributed by atoms with E-state index in [0.717, 1.165) is 22.3 Å². The molecule has 0 spiro atoms. The van der Waals surface area contributed by atoms with Gasteiger partial charge in [-0.25, -0.2) is 9.21 Å². The van der Waals surface area contributed by atoms with E-state index in [2.05, 4.69) is 20.4 Å². The summed E-state index contributed by atoms with van der Waals surface area (Å²) in [6.45, 7) is 1.36. The van der Waals surface area contributed by atoms with E-state index in [4.69, 9.17) is 21.3 Å². The van der Waals surface area contributed by atoms with Gasteiger partial charge >= 0.3 is 6.09 Å². The second kappa shape index (κ2) is 11.5. The molecule has 0 unspecified atom stereocenters. The van der Waals surface area contributed by atoms with E-state index in [9.17, 15) is 9.90 Å². The predicted octanol–water partition coefficient (Wildman–Crippen LogP) is 3.40. The number of hydrogen-bond acceptors (Lipinski definition) is 8. The normalized spacial score (nSPS) is 15.4. The number of anilines is 2. The first-order valence-electron chi connectivity index (χ1n) is 12.3. The fourth-order valence-corrected chi connectivity index (χ4v) is 4.83. The summed E-state index contributed by atoms with van der Waals surface area (Å²) in [6, 6.07) is 19.3. The van der Waals surface area contributed by atoms with E-state index in [0.29, 0.717) is 42.9 Å². The Morgan fingerprint density at radius 3 is 2.61 bits per heavy atom. The summed E-state index contributed by atoms with van der Waals surface area (Å²) in [5.74, 6) is 1.11. The number of amides is 1. The number of methoxy groups -OCH3 is 1. The van der Waals surface area contributed by atoms with Crippen LogP contribution in [0.4, 0.5) is 16.2 Å². The zero-order chi connectivity index (χ0) is 26.5. The molecular formula is C27H29ClN6O4. The molecule has 1 fully saturated rings. The number of likely N-dealkylation sites (tertiary alicyclic amines) is 1. The second-order valence-electron chi connectivity index (χ2n) is 8.97. The number of benzene rings is 2. The molecule has 38 heavy (non-hydrogen) atoms. The van der Waals surface area contributed by atoms with Crippen LogP contribution in [0.25, 0.3) is 5.88 Å². The Balaban J connectivity index is 1.56. The summed E-state index contributed by atoms with van der Waals surface area (Å²) in [5.41, 5.74) is 5.97. The number of ether oxygens (including phenoxy) is 2. The van der Waals surface area contributed by atoms with Gasteiger partial charge in [0.05, 0.1) is 35.1 Å². The lowest BCUT2D eigenvalue weighted by molar-refractivity contribution is 0.132. The summed E-state index contributed by atoms with van der Waals surface area (Å²) in [6.07, 6.45) is 2.11. The largest absolute Gasteiger partial charge is 0.494 e. The van der Waals surface area contributed by atoms with Gasteiger partial charge in [-0.2, -0.15) is 0 Å². The summed E-state index contributed by atoms with van der Waals surface area (Å²) in [5, 5.41) is 12.9. The first kappa shape index (κ1) is 25.5. The lowest BCUT2D eigenvalue weighted by atomic mass is 10.0. The zero-order valence-corrected chi connectivity index (χ0v) is 21.7. The molecule has 0 aliphatic carbocycles. The third-order valence-electron chi connectivity index (χ3n) is 6.58. The zero-order valence-electron chi connectivity index (χ0n) is 21.0. The van der Waals surface area contributed by atoms with Crippen LogP contribution >= 0.6 is 11.8 Å². The predicted molar refractivity (Wildman–Crippen MR) is 144 cm³/mol. The van der Waals surface area contributed by atoms with Crippen LogP contribution in [0.1, 0.15) is 18.5 Å². The third-order valence-corrected chi connectivity index (χ3v) is 6.84. The molecule has 2 N–H and O–H groups in total. The molecule has 11 heteroatoms. The molecule has 2 aliphatic rings. The summed E-state index contributed by atoms with van der Waals surface area (Å²) in [7, 11) is 1.62. The van der Waals surface area contributed by atoms with E-state index in [1.165, 1.54) is 9.32 Å². The van der Waals surface area contributed by atoms with Crippen LogP contribution in [-0.2, 0) is 11.3 Å². The monoisotopic (exact) mass is 536 g/mol. The van der Waals surface area contributed by atoms with E-state index in [1.807, 2.05) is 60.7 Å². The number of halogens is 1. The Kier molecular flexibility index (Phi) is 7.69. The van der Waals surface area contributed by atoms with Crippen molar-refractivity contribution < 1.29 is 19.4 Å². The Hall–Kier alpha value is -4.18. The highest BCUT2D eigenvalue weighted by Gasteiger charge is 2.30. The topological polar surface area (TPSA) is 103 Å². The molecule has 3 aromatic rings. The third kappa shape index (κ3) is 5.55. The molecule has 10 nitrogen and oxygen atoms in total. The van der Waals surface area contributed by atoms with Crippen molar-refractivity contribution in [1.29, 1.82) is 0 Å². The molecule has 1 saturated heterocycles. The minimum Gasteiger partial charge on any atom is -0.494 e. The van der Waals surface area contributed by atoms with Crippen molar-refractivity contribution >= 4 is 35.1 Å². The molecule has 0 saturated carbocycles. The van der Waals surface area contributed by atoms with E-state index in [-0.39, 0.29) is 19.3 Å². The van der Waals surface area contributed by atoms with Gasteiger partial charge in [0.1, 0.15) is 24.7 Å². The van der Waals surface area contributed by atoms with Gasteiger partial charge in [0.2, 0.25) is 5.88 Å². The molecule has 2 aromatic carbocycles. The van der Waals surface area contributed by atoms with Crippen LogP contribution < -0.4 is 25.7 Å². The average molecular weight is 537 g/mol. The van der Waals surface area contributed by atoms with E-state index in [1.54, 1.807) is 13.3 Å². The highest BCUT2D eigenvalue weighted by Crippen LogP contribution is 2.31. The number of hydrogen-bond donors (Lipinski definition) is 2. The molecule has 0 radical (unpaired) electrons. The molecule has 1 amide bonds. The Morgan fingerprint density at radius 1 is 1.16 bits per heavy atom. The summed E-state index contributed by atoms with van der Waals surface area (Å²) < 4.78 is 13.4. The molecule has 0 atom stereocenters. The van der Waals surface area contributed by atoms with Gasteiger partial charge in [-0.3, -0.25) is 20.4 Å². The summed E-state index contributed by atoms with van der Waals surface area (Å²) >= 11 is 6.54. The molecule has 1 aromatic heterocycles. The number of carbonyl (C=O) groups is 1. The van der Waals surface area contributed by atoms with E-state index < -0.39 is 6.09 Å². The van der Waals surface area contributed by atoms with Crippen molar-refractivity contribution in [3.8, 4) is 5.75 Å². The van der Waals surface area contributed by atoms with Crippen LogP contribution in [0.3, 0.4) is 0 Å². The maximum atomic E-state index is 11.5. The van der Waals surface area contributed by atoms with Crippen molar-refractivity contribution in [2.24, 2.45) is 4.99 Å². The number of para-hydroxylation sites is 1. The maximum Gasteiger partial charge on any atom is 0.407 e. The van der Waals surface area contributed by atoms with Crippen molar-refractivity contribution in [2.75, 3.05) is 37.3 Å². The standard InChI is InChI=1S/C27H29ClN6O4/c1-37-25-16-23-22(26(33(28)18-30-23)38-17-20-9-5-6-12-29-20)15-24(25)34(31-19-7-3-2-4-8-19)21-10-13-32(14-11-21)27(35)36/h2-9,12,15-16,21,31H,10-11,13-14,17-18H2,1H3,(H,35,36). The number of nitrogens with zero attached hydrogens (tertiary/aromatic N) is 5. The van der Waals surface area contributed by atoms with Crippen LogP contribution in [0.5, 0.6) is 5.75 Å². The molecule has 2 aliphatic heterocycles. The van der Waals surface area contributed by atoms with Gasteiger partial charge < -0.3 is 19.5 Å². The highest BCUT2D eigenvalue weighted by atomic mass is 35.5. The summed E-state index contributed by atoms with van der Waals surface area (Å²) in [4.78, 5) is 21.9. The number of nitrogens with one attached hydrogen (secondary N) is 1. The number of fused-ring (bicyclic) bond motifs is 1. The lowest BCUT2D eigenvalue weighted by Crippen LogP contribution is -2.49. The van der Waals surface area contributed by atoms with Gasteiger partial charge in [0.15, 0.2) is 0 Å². The van der Waals surface area contributed by atoms with Crippen molar-refractivity contribution in [3.63, 3.8) is 0 Å². The Labute approximate surface area is 225 Å². The SMILES string of the molecule is COc1cc2c(cc1N(Nc1ccccc1)C1CCN(C(=O)O)CC1)=C(OCc1ccccn1)N(Cl)CN=2. The van der Waals surface area contributed by atoms with Crippen LogP contribution in [0.2, 0.25) is 0 Å². The quantitative estimate of drug-likeness (QED) is 0.333. The molecular weight excluding hydrogens is 508 g/mol. The van der Waals surface area contributed by atoms with E-state index >= 15 is 0 Å². The smallest absolute Gasteiger partial charge is 0.407 e. The fourth-order valence-electron chi connectivity index (χ4n) is 4.63. The number of aromatic nitrogens is 1. The number of pyridine rings is 1. The average Bonchev–Trinajstić information content (AvgIpc) is 2.96. The van der Waals surface area contributed by atoms with Crippen LogP contribution in [-0.4, -0.2) is 58.4 Å².